The van der Waals surface area contributed by atoms with E-state index in [2.05, 4.69) is 0 Å². The second-order valence-corrected chi connectivity index (χ2v) is 5.13. The Balaban J connectivity index is 2.29. The molecule has 2 aromatic rings. The van der Waals surface area contributed by atoms with E-state index in [1.807, 2.05) is 0 Å². The summed E-state index contributed by atoms with van der Waals surface area (Å²) < 4.78 is 13.2. The Morgan fingerprint density at radius 3 is 2.46 bits per heavy atom. The molecule has 0 aliphatic carbocycles. The molecule has 1 unspecified atom stereocenters. The predicted molar refractivity (Wildman–Crippen MR) is 81.2 cm³/mol. The fraction of sp³-hybridized carbons (Fsp3) is 0.125. The van der Waals surface area contributed by atoms with Crippen LogP contribution in [0, 0.1) is 12.7 Å². The molecule has 0 fully saturated rings. The first kappa shape index (κ1) is 17.4. The highest BCUT2D eigenvalue weighted by atomic mass is 19.1. The molecule has 2 amide bonds. The molecule has 0 aliphatic rings. The number of halogens is 1. The zero-order valence-electron chi connectivity index (χ0n) is 12.6. The van der Waals surface area contributed by atoms with Gasteiger partial charge in [-0.1, -0.05) is 12.1 Å². The first-order chi connectivity index (χ1) is 11.2. The number of aliphatic hydroxyl groups excluding tert-OH is 1. The third-order valence-corrected chi connectivity index (χ3v) is 3.37. The summed E-state index contributed by atoms with van der Waals surface area (Å²) in [5, 5.41) is 29.2. The normalized spacial score (nSPS) is 11.8. The maximum Gasteiger partial charge on any atom is 0.278 e. The van der Waals surface area contributed by atoms with Crippen LogP contribution in [0.5, 0.6) is 11.5 Å². The lowest BCUT2D eigenvalue weighted by atomic mass is 10.0. The average molecular weight is 334 g/mol. The maximum absolute atomic E-state index is 13.2. The Bertz CT molecular complexity index is 786. The van der Waals surface area contributed by atoms with Gasteiger partial charge in [0.15, 0.2) is 6.10 Å². The molecule has 8 heteroatoms. The molecule has 7 nitrogen and oxygen atoms in total. The lowest BCUT2D eigenvalue weighted by Crippen LogP contribution is -2.45. The van der Waals surface area contributed by atoms with Gasteiger partial charge >= 0.3 is 0 Å². The summed E-state index contributed by atoms with van der Waals surface area (Å²) in [6.07, 6.45) is -1.85. The van der Waals surface area contributed by atoms with E-state index in [4.69, 9.17) is 5.84 Å². The van der Waals surface area contributed by atoms with Crippen LogP contribution in [0.25, 0.3) is 0 Å². The number of aromatic hydroxyl groups is 2. The summed E-state index contributed by atoms with van der Waals surface area (Å²) in [5.74, 6) is 1.68. The van der Waals surface area contributed by atoms with E-state index in [9.17, 15) is 29.3 Å². The summed E-state index contributed by atoms with van der Waals surface area (Å²) in [7, 11) is 0. The molecular formula is C16H15FN2O5. The molecule has 0 saturated carbocycles. The summed E-state index contributed by atoms with van der Waals surface area (Å²) >= 11 is 0. The van der Waals surface area contributed by atoms with E-state index in [-0.39, 0.29) is 27.4 Å². The topological polar surface area (TPSA) is 124 Å². The second kappa shape index (κ2) is 6.65. The zero-order valence-corrected chi connectivity index (χ0v) is 12.6. The van der Waals surface area contributed by atoms with Gasteiger partial charge in [-0.3, -0.25) is 9.59 Å². The molecular weight excluding hydrogens is 319 g/mol. The van der Waals surface area contributed by atoms with Gasteiger partial charge < -0.3 is 15.3 Å². The van der Waals surface area contributed by atoms with Crippen molar-refractivity contribution in [1.82, 2.24) is 5.01 Å². The standard InChI is InChI=1S/C16H15FN2O5/c1-8-5-11(20)7-12(21)13(8)15(23)19(18)16(24)14(22)9-3-2-4-10(17)6-9/h2-7,14,20-22H,18H2,1H3. The van der Waals surface area contributed by atoms with E-state index in [1.165, 1.54) is 25.1 Å². The number of nitrogens with zero attached hydrogens (tertiary/aromatic N) is 1. The number of benzene rings is 2. The van der Waals surface area contributed by atoms with Crippen LogP contribution in [0.3, 0.4) is 0 Å². The van der Waals surface area contributed by atoms with Crippen molar-refractivity contribution in [2.24, 2.45) is 5.84 Å². The smallest absolute Gasteiger partial charge is 0.278 e. The summed E-state index contributed by atoms with van der Waals surface area (Å²) in [5.41, 5.74) is -0.189. The molecule has 0 bridgehead atoms. The number of carbonyl (C=O) groups is 2. The van der Waals surface area contributed by atoms with Gasteiger partial charge in [0.1, 0.15) is 17.3 Å². The number of amides is 2. The minimum absolute atomic E-state index is 0.0742. The van der Waals surface area contributed by atoms with Crippen LogP contribution in [0.1, 0.15) is 27.6 Å². The van der Waals surface area contributed by atoms with Gasteiger partial charge in [-0.2, -0.15) is 0 Å². The molecule has 0 saturated heterocycles. The molecule has 2 aromatic carbocycles. The molecule has 0 radical (unpaired) electrons. The van der Waals surface area contributed by atoms with Crippen molar-refractivity contribution in [3.8, 4) is 11.5 Å². The van der Waals surface area contributed by atoms with Crippen molar-refractivity contribution >= 4 is 11.8 Å². The summed E-state index contributed by atoms with van der Waals surface area (Å²) in [4.78, 5) is 24.4. The Hall–Kier alpha value is -2.97. The third kappa shape index (κ3) is 3.34. The molecule has 5 N–H and O–H groups in total. The highest BCUT2D eigenvalue weighted by Crippen LogP contribution is 2.28. The van der Waals surface area contributed by atoms with Crippen molar-refractivity contribution in [2.75, 3.05) is 0 Å². The van der Waals surface area contributed by atoms with Gasteiger partial charge in [-0.15, -0.1) is 0 Å². The minimum Gasteiger partial charge on any atom is -0.508 e. The van der Waals surface area contributed by atoms with Gasteiger partial charge in [0.2, 0.25) is 0 Å². The van der Waals surface area contributed by atoms with Gasteiger partial charge in [-0.05, 0) is 36.2 Å². The molecule has 0 aromatic heterocycles. The fourth-order valence-electron chi connectivity index (χ4n) is 2.20. The number of carbonyl (C=O) groups excluding carboxylic acids is 2. The largest absolute Gasteiger partial charge is 0.508 e. The summed E-state index contributed by atoms with van der Waals surface area (Å²) in [6, 6.07) is 6.77. The molecule has 2 rings (SSSR count). The highest BCUT2D eigenvalue weighted by molar-refractivity contribution is 6.07. The van der Waals surface area contributed by atoms with Gasteiger partial charge in [-0.25, -0.2) is 15.2 Å². The Morgan fingerprint density at radius 2 is 1.88 bits per heavy atom. The van der Waals surface area contributed by atoms with Crippen molar-refractivity contribution in [3.05, 3.63) is 58.9 Å². The predicted octanol–water partition coefficient (Wildman–Crippen LogP) is 1.12. The number of phenolic OH excluding ortho intramolecular Hbond substituents is 2. The third-order valence-electron chi connectivity index (χ3n) is 3.37. The number of aliphatic hydroxyl groups is 1. The first-order valence-corrected chi connectivity index (χ1v) is 6.81. The molecule has 0 heterocycles. The van der Waals surface area contributed by atoms with Crippen molar-refractivity contribution < 1.29 is 29.3 Å². The van der Waals surface area contributed by atoms with Crippen LogP contribution >= 0.6 is 0 Å². The van der Waals surface area contributed by atoms with Gasteiger partial charge in [0, 0.05) is 6.07 Å². The average Bonchev–Trinajstić information content (AvgIpc) is 2.51. The molecule has 0 aliphatic heterocycles. The van der Waals surface area contributed by atoms with Gasteiger partial charge in [0.05, 0.1) is 5.56 Å². The van der Waals surface area contributed by atoms with E-state index >= 15 is 0 Å². The number of aryl methyl sites for hydroxylation is 1. The van der Waals surface area contributed by atoms with E-state index in [0.717, 1.165) is 18.2 Å². The van der Waals surface area contributed by atoms with Crippen molar-refractivity contribution in [2.45, 2.75) is 13.0 Å². The van der Waals surface area contributed by atoms with Gasteiger partial charge in [0.25, 0.3) is 11.8 Å². The Kier molecular flexibility index (Phi) is 4.82. The van der Waals surface area contributed by atoms with E-state index in [1.54, 1.807) is 0 Å². The molecule has 1 atom stereocenters. The molecule has 0 spiro atoms. The lowest BCUT2D eigenvalue weighted by molar-refractivity contribution is -0.138. The second-order valence-electron chi connectivity index (χ2n) is 5.13. The van der Waals surface area contributed by atoms with Crippen LogP contribution in [-0.2, 0) is 4.79 Å². The quantitative estimate of drug-likeness (QED) is 0.379. The number of hydrogen-bond donors (Lipinski definition) is 4. The van der Waals surface area contributed by atoms with E-state index < -0.39 is 29.5 Å². The van der Waals surface area contributed by atoms with Crippen LogP contribution in [-0.4, -0.2) is 32.1 Å². The SMILES string of the molecule is Cc1cc(O)cc(O)c1C(=O)N(N)C(=O)C(O)c1cccc(F)c1. The lowest BCUT2D eigenvalue weighted by Gasteiger charge is -2.20. The number of hydrazine groups is 1. The summed E-state index contributed by atoms with van der Waals surface area (Å²) in [6.45, 7) is 1.42. The Labute approximate surface area is 136 Å². The molecule has 126 valence electrons. The molecule has 24 heavy (non-hydrogen) atoms. The number of phenols is 2. The van der Waals surface area contributed by atoms with Crippen LogP contribution < -0.4 is 5.84 Å². The first-order valence-electron chi connectivity index (χ1n) is 6.81. The van der Waals surface area contributed by atoms with E-state index in [0.29, 0.717) is 0 Å². The fourth-order valence-corrected chi connectivity index (χ4v) is 2.20. The highest BCUT2D eigenvalue weighted by Gasteiger charge is 2.29. The van der Waals surface area contributed by atoms with Crippen molar-refractivity contribution in [3.63, 3.8) is 0 Å². The zero-order chi connectivity index (χ0) is 18.0. The number of hydrogen-bond acceptors (Lipinski definition) is 6. The maximum atomic E-state index is 13.2. The number of imide groups is 1. The number of rotatable bonds is 3. The van der Waals surface area contributed by atoms with Crippen LogP contribution in [0.15, 0.2) is 36.4 Å². The van der Waals surface area contributed by atoms with Crippen LogP contribution in [0.4, 0.5) is 4.39 Å². The van der Waals surface area contributed by atoms with Crippen molar-refractivity contribution in [1.29, 1.82) is 0 Å². The van der Waals surface area contributed by atoms with Crippen LogP contribution in [0.2, 0.25) is 0 Å². The Morgan fingerprint density at radius 1 is 1.21 bits per heavy atom. The monoisotopic (exact) mass is 334 g/mol. The minimum atomic E-state index is -1.85. The number of nitrogens with two attached hydrogens (primary N) is 1.